The van der Waals surface area contributed by atoms with Crippen LogP contribution in [0.3, 0.4) is 0 Å². The number of hydrogen-bond acceptors (Lipinski definition) is 3. The largest absolute Gasteiger partial charge is 0.497 e. The molecule has 1 rings (SSSR count). The van der Waals surface area contributed by atoms with E-state index in [-0.39, 0.29) is 30.1 Å². The van der Waals surface area contributed by atoms with Crippen molar-refractivity contribution in [3.63, 3.8) is 0 Å². The second-order valence-corrected chi connectivity index (χ2v) is 4.64. The van der Waals surface area contributed by atoms with E-state index in [1.807, 2.05) is 38.1 Å². The molecule has 0 bridgehead atoms. The van der Waals surface area contributed by atoms with E-state index in [1.165, 1.54) is 0 Å². The van der Waals surface area contributed by atoms with E-state index in [4.69, 9.17) is 15.2 Å². The molecule has 0 radical (unpaired) electrons. The molecule has 1 unspecified atom stereocenters. The zero-order valence-electron chi connectivity index (χ0n) is 12.8. The smallest absolute Gasteiger partial charge is 0.188 e. The number of nitrogens with two attached hydrogens (primary N) is 1. The monoisotopic (exact) mass is 405 g/mol. The molecule has 0 spiro atoms. The molecule has 21 heavy (non-hydrogen) atoms. The highest BCUT2D eigenvalue weighted by atomic mass is 127. The minimum atomic E-state index is -0.0615. The molecule has 0 heterocycles. The average Bonchev–Trinajstić information content (AvgIpc) is 2.43. The Morgan fingerprint density at radius 2 is 1.90 bits per heavy atom. The normalized spacial score (nSPS) is 12.0. The van der Waals surface area contributed by atoms with Crippen LogP contribution in [0.1, 0.15) is 13.8 Å². The minimum absolute atomic E-state index is 0. The molecule has 1 atom stereocenters. The third-order valence-electron chi connectivity index (χ3n) is 2.49. The van der Waals surface area contributed by atoms with Crippen LogP contribution in [0.4, 0.5) is 0 Å². The summed E-state index contributed by atoms with van der Waals surface area (Å²) in [7, 11) is 1.63. The zero-order chi connectivity index (χ0) is 15.0. The number of methoxy groups -OCH3 is 1. The van der Waals surface area contributed by atoms with Gasteiger partial charge in [0, 0.05) is 6.54 Å². The summed E-state index contributed by atoms with van der Waals surface area (Å²) in [6, 6.07) is 7.44. The Kier molecular flexibility index (Phi) is 9.60. The quantitative estimate of drug-likeness (QED) is 0.317. The van der Waals surface area contributed by atoms with Gasteiger partial charge in [0.1, 0.15) is 17.6 Å². The van der Waals surface area contributed by atoms with E-state index < -0.39 is 0 Å². The van der Waals surface area contributed by atoms with Crippen LogP contribution in [0.2, 0.25) is 0 Å². The van der Waals surface area contributed by atoms with Gasteiger partial charge in [-0.1, -0.05) is 12.2 Å². The van der Waals surface area contributed by atoms with Gasteiger partial charge < -0.3 is 20.5 Å². The Balaban J connectivity index is 0.00000400. The molecule has 0 aliphatic heterocycles. The maximum Gasteiger partial charge on any atom is 0.188 e. The van der Waals surface area contributed by atoms with Gasteiger partial charge in [-0.05, 0) is 38.1 Å². The van der Waals surface area contributed by atoms with Crippen LogP contribution in [-0.4, -0.2) is 32.3 Å². The van der Waals surface area contributed by atoms with Gasteiger partial charge in [0.05, 0.1) is 13.7 Å². The first-order chi connectivity index (χ1) is 9.51. The number of benzene rings is 1. The van der Waals surface area contributed by atoms with Crippen molar-refractivity contribution in [1.29, 1.82) is 0 Å². The van der Waals surface area contributed by atoms with Crippen molar-refractivity contribution in [2.24, 2.45) is 10.7 Å². The molecule has 3 N–H and O–H groups in total. The molecule has 1 aromatic rings. The fourth-order valence-electron chi connectivity index (χ4n) is 1.45. The SMILES string of the molecule is C=C(C)CNC(N)=NCC(C)Oc1ccc(OC)cc1.I. The van der Waals surface area contributed by atoms with Crippen molar-refractivity contribution in [3.05, 3.63) is 36.4 Å². The lowest BCUT2D eigenvalue weighted by atomic mass is 10.3. The van der Waals surface area contributed by atoms with Gasteiger partial charge in [0.25, 0.3) is 0 Å². The summed E-state index contributed by atoms with van der Waals surface area (Å²) in [6.45, 7) is 8.77. The third kappa shape index (κ3) is 8.44. The van der Waals surface area contributed by atoms with Crippen molar-refractivity contribution in [1.82, 2.24) is 5.32 Å². The van der Waals surface area contributed by atoms with E-state index in [0.717, 1.165) is 17.1 Å². The Labute approximate surface area is 143 Å². The molecule has 0 saturated heterocycles. The van der Waals surface area contributed by atoms with E-state index in [0.29, 0.717) is 19.0 Å². The summed E-state index contributed by atoms with van der Waals surface area (Å²) in [4.78, 5) is 4.22. The summed E-state index contributed by atoms with van der Waals surface area (Å²) in [5.74, 6) is 1.98. The van der Waals surface area contributed by atoms with Crippen molar-refractivity contribution in [2.75, 3.05) is 20.2 Å². The van der Waals surface area contributed by atoms with E-state index in [1.54, 1.807) is 7.11 Å². The molecular weight excluding hydrogens is 381 g/mol. The molecule has 0 fully saturated rings. The molecule has 0 saturated carbocycles. The van der Waals surface area contributed by atoms with Gasteiger partial charge >= 0.3 is 0 Å². The standard InChI is InChI=1S/C15H23N3O2.HI/c1-11(2)9-17-15(16)18-10-12(3)20-14-7-5-13(19-4)6-8-14;/h5-8,12H,1,9-10H2,2-4H3,(H3,16,17,18);1H. The Morgan fingerprint density at radius 3 is 2.43 bits per heavy atom. The predicted molar refractivity (Wildman–Crippen MR) is 97.8 cm³/mol. The summed E-state index contributed by atoms with van der Waals surface area (Å²) < 4.78 is 10.8. The second-order valence-electron chi connectivity index (χ2n) is 4.64. The number of hydrogen-bond donors (Lipinski definition) is 2. The average molecular weight is 405 g/mol. The lowest BCUT2D eigenvalue weighted by Gasteiger charge is -2.13. The van der Waals surface area contributed by atoms with Crippen LogP contribution in [0.15, 0.2) is 41.4 Å². The maximum absolute atomic E-state index is 5.73. The summed E-state index contributed by atoms with van der Waals surface area (Å²) >= 11 is 0. The first-order valence-electron chi connectivity index (χ1n) is 6.50. The lowest BCUT2D eigenvalue weighted by Crippen LogP contribution is -2.33. The number of rotatable bonds is 7. The van der Waals surface area contributed by atoms with Gasteiger partial charge in [0.15, 0.2) is 5.96 Å². The van der Waals surface area contributed by atoms with Crippen molar-refractivity contribution < 1.29 is 9.47 Å². The third-order valence-corrected chi connectivity index (χ3v) is 2.49. The first-order valence-corrected chi connectivity index (χ1v) is 6.50. The number of ether oxygens (including phenoxy) is 2. The van der Waals surface area contributed by atoms with E-state index >= 15 is 0 Å². The number of nitrogens with one attached hydrogen (secondary N) is 1. The van der Waals surface area contributed by atoms with Crippen LogP contribution in [0.25, 0.3) is 0 Å². The van der Waals surface area contributed by atoms with Crippen molar-refractivity contribution >= 4 is 29.9 Å². The highest BCUT2D eigenvalue weighted by Gasteiger charge is 2.04. The fourth-order valence-corrected chi connectivity index (χ4v) is 1.45. The van der Waals surface area contributed by atoms with Gasteiger partial charge in [0.2, 0.25) is 0 Å². The number of guanidine groups is 1. The first kappa shape index (κ1) is 19.6. The highest BCUT2D eigenvalue weighted by Crippen LogP contribution is 2.18. The molecule has 118 valence electrons. The van der Waals surface area contributed by atoms with Gasteiger partial charge in [-0.25, -0.2) is 4.99 Å². The molecule has 0 amide bonds. The van der Waals surface area contributed by atoms with E-state index in [2.05, 4.69) is 16.9 Å². The highest BCUT2D eigenvalue weighted by molar-refractivity contribution is 14.0. The van der Waals surface area contributed by atoms with E-state index in [9.17, 15) is 0 Å². The van der Waals surface area contributed by atoms with Gasteiger partial charge in [-0.15, -0.1) is 24.0 Å². The van der Waals surface area contributed by atoms with Crippen LogP contribution < -0.4 is 20.5 Å². The molecule has 0 aromatic heterocycles. The maximum atomic E-state index is 5.73. The molecule has 0 aliphatic carbocycles. The molecular formula is C15H24IN3O2. The molecule has 6 heteroatoms. The summed E-state index contributed by atoms with van der Waals surface area (Å²) in [5.41, 5.74) is 6.73. The lowest BCUT2D eigenvalue weighted by molar-refractivity contribution is 0.230. The zero-order valence-corrected chi connectivity index (χ0v) is 15.1. The van der Waals surface area contributed by atoms with Crippen LogP contribution in [-0.2, 0) is 0 Å². The number of halogens is 1. The second kappa shape index (κ2) is 10.3. The Bertz CT molecular complexity index is 460. The van der Waals surface area contributed by atoms with Crippen molar-refractivity contribution in [3.8, 4) is 11.5 Å². The Morgan fingerprint density at radius 1 is 1.33 bits per heavy atom. The topological polar surface area (TPSA) is 68.9 Å². The Hall–Kier alpha value is -1.44. The number of nitrogens with zero attached hydrogens (tertiary/aromatic N) is 1. The van der Waals surface area contributed by atoms with Gasteiger partial charge in [-0.3, -0.25) is 0 Å². The molecule has 1 aromatic carbocycles. The summed E-state index contributed by atoms with van der Waals surface area (Å²) in [5, 5.41) is 2.97. The predicted octanol–water partition coefficient (Wildman–Crippen LogP) is 2.56. The minimum Gasteiger partial charge on any atom is -0.497 e. The molecule has 5 nitrogen and oxygen atoms in total. The van der Waals surface area contributed by atoms with Crippen molar-refractivity contribution in [2.45, 2.75) is 20.0 Å². The fraction of sp³-hybridized carbons (Fsp3) is 0.400. The number of aliphatic imine (C=N–C) groups is 1. The molecule has 0 aliphatic rings. The van der Waals surface area contributed by atoms with Gasteiger partial charge in [-0.2, -0.15) is 0 Å². The summed E-state index contributed by atoms with van der Waals surface area (Å²) in [6.07, 6.45) is -0.0615. The van der Waals surface area contributed by atoms with Crippen LogP contribution in [0.5, 0.6) is 11.5 Å². The van der Waals surface area contributed by atoms with Crippen LogP contribution in [0, 0.1) is 0 Å². The van der Waals surface area contributed by atoms with Crippen LogP contribution >= 0.6 is 24.0 Å².